The summed E-state index contributed by atoms with van der Waals surface area (Å²) in [5.74, 6) is -0.531. The zero-order valence-corrected chi connectivity index (χ0v) is 21.5. The highest BCUT2D eigenvalue weighted by molar-refractivity contribution is 6.30. The molecule has 2 aromatic rings. The van der Waals surface area contributed by atoms with Crippen LogP contribution >= 0.6 is 11.6 Å². The van der Waals surface area contributed by atoms with Gasteiger partial charge in [-0.1, -0.05) is 17.7 Å². The van der Waals surface area contributed by atoms with E-state index in [0.717, 1.165) is 30.5 Å². The van der Waals surface area contributed by atoms with E-state index in [1.165, 1.54) is 6.07 Å². The van der Waals surface area contributed by atoms with Crippen molar-refractivity contribution in [2.75, 3.05) is 26.2 Å². The molecule has 3 aliphatic rings. The Morgan fingerprint density at radius 1 is 1.14 bits per heavy atom. The van der Waals surface area contributed by atoms with Crippen LogP contribution in [0.15, 0.2) is 18.2 Å². The highest BCUT2D eigenvalue weighted by Gasteiger charge is 2.34. The molecule has 36 heavy (non-hydrogen) atoms. The number of aromatic nitrogens is 2. The average molecular weight is 519 g/mol. The highest BCUT2D eigenvalue weighted by Crippen LogP contribution is 2.29. The Morgan fingerprint density at radius 2 is 1.86 bits per heavy atom. The van der Waals surface area contributed by atoms with Crippen LogP contribution in [0, 0.1) is 5.82 Å². The highest BCUT2D eigenvalue weighted by atomic mass is 35.5. The van der Waals surface area contributed by atoms with Crippen molar-refractivity contribution in [2.24, 2.45) is 0 Å². The summed E-state index contributed by atoms with van der Waals surface area (Å²) in [5.41, 5.74) is 2.46. The molecule has 0 radical (unpaired) electrons. The number of morpholine rings is 1. The van der Waals surface area contributed by atoms with Crippen molar-refractivity contribution in [2.45, 2.75) is 70.8 Å². The summed E-state index contributed by atoms with van der Waals surface area (Å²) >= 11 is 5.85. The van der Waals surface area contributed by atoms with Crippen LogP contribution in [0.5, 0.6) is 5.75 Å². The van der Waals surface area contributed by atoms with Gasteiger partial charge in [0.15, 0.2) is 17.3 Å². The van der Waals surface area contributed by atoms with Gasteiger partial charge in [-0.15, -0.1) is 0 Å². The normalized spacial score (nSPS) is 22.6. The molecule has 2 fully saturated rings. The Hall–Kier alpha value is -2.65. The van der Waals surface area contributed by atoms with E-state index in [2.05, 4.69) is 5.10 Å². The van der Waals surface area contributed by atoms with E-state index < -0.39 is 5.82 Å². The molecule has 2 saturated heterocycles. The van der Waals surface area contributed by atoms with Gasteiger partial charge < -0.3 is 19.3 Å². The molecule has 5 rings (SSSR count). The summed E-state index contributed by atoms with van der Waals surface area (Å²) in [7, 11) is 0. The van der Waals surface area contributed by atoms with Gasteiger partial charge >= 0.3 is 0 Å². The first-order chi connectivity index (χ1) is 17.3. The molecular formula is C26H32ClFN4O4. The van der Waals surface area contributed by atoms with Crippen LogP contribution in [0.3, 0.4) is 0 Å². The lowest BCUT2D eigenvalue weighted by molar-refractivity contribution is -0.133. The minimum absolute atomic E-state index is 0.0170. The van der Waals surface area contributed by atoms with E-state index in [1.807, 2.05) is 18.7 Å². The van der Waals surface area contributed by atoms with Crippen molar-refractivity contribution in [3.8, 4) is 5.75 Å². The first-order valence-corrected chi connectivity index (χ1v) is 13.1. The second-order valence-corrected chi connectivity index (χ2v) is 10.4. The van der Waals surface area contributed by atoms with Crippen molar-refractivity contribution < 1.29 is 23.5 Å². The Morgan fingerprint density at radius 3 is 2.58 bits per heavy atom. The fourth-order valence-corrected chi connectivity index (χ4v) is 5.68. The Balaban J connectivity index is 1.22. The fraction of sp³-hybridized carbons (Fsp3) is 0.577. The second kappa shape index (κ2) is 10.4. The number of carbonyl (C=O) groups is 2. The van der Waals surface area contributed by atoms with E-state index in [9.17, 15) is 14.0 Å². The molecule has 3 heterocycles. The number of benzene rings is 1. The quantitative estimate of drug-likeness (QED) is 0.605. The molecule has 2 atom stereocenters. The van der Waals surface area contributed by atoms with Crippen molar-refractivity contribution in [3.05, 3.63) is 46.0 Å². The fourth-order valence-electron chi connectivity index (χ4n) is 5.51. The van der Waals surface area contributed by atoms with Gasteiger partial charge in [0.1, 0.15) is 12.6 Å². The van der Waals surface area contributed by atoms with Crippen molar-refractivity contribution in [1.82, 2.24) is 19.6 Å². The van der Waals surface area contributed by atoms with Gasteiger partial charge in [0.05, 0.1) is 17.2 Å². The summed E-state index contributed by atoms with van der Waals surface area (Å²) in [4.78, 5) is 30.1. The monoisotopic (exact) mass is 518 g/mol. The number of nitrogens with zero attached hydrogens (tertiary/aromatic N) is 4. The van der Waals surface area contributed by atoms with E-state index >= 15 is 0 Å². The molecule has 0 saturated carbocycles. The van der Waals surface area contributed by atoms with Crippen LogP contribution in [0.2, 0.25) is 5.02 Å². The molecule has 10 heteroatoms. The van der Waals surface area contributed by atoms with Gasteiger partial charge in [-0.3, -0.25) is 14.3 Å². The van der Waals surface area contributed by atoms with E-state index in [4.69, 9.17) is 21.1 Å². The van der Waals surface area contributed by atoms with E-state index in [0.29, 0.717) is 44.7 Å². The van der Waals surface area contributed by atoms with E-state index in [-0.39, 0.29) is 47.4 Å². The standard InChI is InChI=1S/C26H32ClFN4O4/c1-16-13-31(14-17(2)35-16)26(34)25-19-5-3-7-21(19)32(29-25)15-23(33)30-11-9-18(10-12-30)36-22-8-4-6-20(27)24(22)28/h4,6,8,16-18H,3,5,7,9-15H2,1-2H3/t16-,17+. The molecule has 0 spiro atoms. The number of amides is 2. The van der Waals surface area contributed by atoms with Gasteiger partial charge in [0.2, 0.25) is 5.91 Å². The minimum atomic E-state index is -0.559. The predicted molar refractivity (Wildman–Crippen MR) is 132 cm³/mol. The molecule has 1 aromatic heterocycles. The minimum Gasteiger partial charge on any atom is -0.487 e. The number of hydrogen-bond donors (Lipinski definition) is 0. The first kappa shape index (κ1) is 25.0. The molecule has 0 N–H and O–H groups in total. The largest absolute Gasteiger partial charge is 0.487 e. The summed E-state index contributed by atoms with van der Waals surface area (Å²) < 4.78 is 27.5. The third-order valence-corrected chi connectivity index (χ3v) is 7.50. The molecule has 1 aliphatic carbocycles. The van der Waals surface area contributed by atoms with Gasteiger partial charge in [0, 0.05) is 50.3 Å². The van der Waals surface area contributed by atoms with Crippen LogP contribution in [0.1, 0.15) is 54.9 Å². The van der Waals surface area contributed by atoms with Crippen molar-refractivity contribution >= 4 is 23.4 Å². The van der Waals surface area contributed by atoms with Gasteiger partial charge in [-0.2, -0.15) is 5.10 Å². The molecule has 194 valence electrons. The van der Waals surface area contributed by atoms with Crippen LogP contribution in [-0.2, 0) is 28.9 Å². The van der Waals surface area contributed by atoms with Crippen LogP contribution in [0.25, 0.3) is 0 Å². The zero-order chi connectivity index (χ0) is 25.4. The Kier molecular flexibility index (Phi) is 7.21. The maximum Gasteiger partial charge on any atom is 0.274 e. The molecule has 0 unspecified atom stereocenters. The van der Waals surface area contributed by atoms with E-state index in [1.54, 1.807) is 21.7 Å². The Labute approximate surface area is 215 Å². The number of piperidine rings is 1. The summed E-state index contributed by atoms with van der Waals surface area (Å²) in [6.45, 7) is 6.17. The topological polar surface area (TPSA) is 76.9 Å². The smallest absolute Gasteiger partial charge is 0.274 e. The molecule has 2 amide bonds. The molecular weight excluding hydrogens is 487 g/mol. The lowest BCUT2D eigenvalue weighted by Gasteiger charge is -2.35. The second-order valence-electron chi connectivity index (χ2n) is 10.0. The lowest BCUT2D eigenvalue weighted by atomic mass is 10.1. The molecule has 1 aromatic carbocycles. The van der Waals surface area contributed by atoms with Crippen LogP contribution in [0.4, 0.5) is 4.39 Å². The molecule has 8 nitrogen and oxygen atoms in total. The van der Waals surface area contributed by atoms with Crippen molar-refractivity contribution in [3.63, 3.8) is 0 Å². The number of ether oxygens (including phenoxy) is 2. The maximum atomic E-state index is 14.2. The Bertz CT molecular complexity index is 1140. The van der Waals surface area contributed by atoms with Gasteiger partial charge in [-0.05, 0) is 45.2 Å². The summed E-state index contributed by atoms with van der Waals surface area (Å²) in [6.07, 6.45) is 3.58. The van der Waals surface area contributed by atoms with Gasteiger partial charge in [-0.25, -0.2) is 4.39 Å². The van der Waals surface area contributed by atoms with Gasteiger partial charge in [0.25, 0.3) is 5.91 Å². The average Bonchev–Trinajstić information content (AvgIpc) is 3.45. The number of fused-ring (bicyclic) bond motifs is 1. The summed E-state index contributed by atoms with van der Waals surface area (Å²) in [5, 5.41) is 4.67. The zero-order valence-electron chi connectivity index (χ0n) is 20.7. The molecule has 0 bridgehead atoms. The predicted octanol–water partition coefficient (Wildman–Crippen LogP) is 3.48. The van der Waals surface area contributed by atoms with Crippen LogP contribution < -0.4 is 4.74 Å². The SMILES string of the molecule is C[C@@H]1CN(C(=O)c2nn(CC(=O)N3CCC(Oc4cccc(Cl)c4F)CC3)c3c2CCC3)C[C@H](C)O1. The lowest BCUT2D eigenvalue weighted by Crippen LogP contribution is -2.48. The third-order valence-electron chi connectivity index (χ3n) is 7.21. The number of hydrogen-bond acceptors (Lipinski definition) is 5. The molecule has 2 aliphatic heterocycles. The number of rotatable bonds is 5. The van der Waals surface area contributed by atoms with Crippen molar-refractivity contribution in [1.29, 1.82) is 0 Å². The maximum absolute atomic E-state index is 14.2. The number of likely N-dealkylation sites (tertiary alicyclic amines) is 1. The van der Waals surface area contributed by atoms with Crippen LogP contribution in [-0.4, -0.2) is 75.9 Å². The third kappa shape index (κ3) is 5.09. The first-order valence-electron chi connectivity index (χ1n) is 12.7. The number of halogens is 2. The summed E-state index contributed by atoms with van der Waals surface area (Å²) in [6, 6.07) is 4.70. The number of carbonyl (C=O) groups excluding carboxylic acids is 2.